The summed E-state index contributed by atoms with van der Waals surface area (Å²) in [7, 11) is 0. The number of halogens is 1. The van der Waals surface area contributed by atoms with Crippen LogP contribution in [0.2, 0.25) is 0 Å². The van der Waals surface area contributed by atoms with Gasteiger partial charge < -0.3 is 21.3 Å². The van der Waals surface area contributed by atoms with Gasteiger partial charge in [-0.2, -0.15) is 5.26 Å². The summed E-state index contributed by atoms with van der Waals surface area (Å²) >= 11 is 0. The van der Waals surface area contributed by atoms with Crippen molar-refractivity contribution in [3.8, 4) is 17.3 Å². The van der Waals surface area contributed by atoms with Gasteiger partial charge in [0.05, 0.1) is 28.9 Å². The maximum Gasteiger partial charge on any atom is 0.255 e. The van der Waals surface area contributed by atoms with Crippen LogP contribution in [-0.2, 0) is 11.2 Å². The summed E-state index contributed by atoms with van der Waals surface area (Å²) < 4.78 is 13.6. The molecule has 190 valence electrons. The van der Waals surface area contributed by atoms with Gasteiger partial charge in [0.1, 0.15) is 11.6 Å². The number of aromatic nitrogens is 1. The molecule has 3 aromatic rings. The first-order valence-corrected chi connectivity index (χ1v) is 12.3. The lowest BCUT2D eigenvalue weighted by Gasteiger charge is -2.41. The van der Waals surface area contributed by atoms with E-state index in [-0.39, 0.29) is 23.7 Å². The summed E-state index contributed by atoms with van der Waals surface area (Å²) in [6.07, 6.45) is 1.64. The van der Waals surface area contributed by atoms with Crippen molar-refractivity contribution in [2.75, 3.05) is 31.5 Å². The molecule has 0 saturated carbocycles. The molecule has 0 spiro atoms. The lowest BCUT2D eigenvalue weighted by atomic mass is 10.0. The zero-order valence-corrected chi connectivity index (χ0v) is 20.4. The number of benzene rings is 2. The third-order valence-electron chi connectivity index (χ3n) is 6.38. The molecule has 4 N–H and O–H groups in total. The van der Waals surface area contributed by atoms with Crippen molar-refractivity contribution in [1.82, 2.24) is 15.2 Å². The highest BCUT2D eigenvalue weighted by molar-refractivity contribution is 5.99. The first-order chi connectivity index (χ1) is 18.0. The van der Waals surface area contributed by atoms with Crippen LogP contribution in [0.4, 0.5) is 10.2 Å². The van der Waals surface area contributed by atoms with Crippen LogP contribution in [0.15, 0.2) is 60.7 Å². The number of rotatable bonds is 10. The minimum Gasteiger partial charge on any atom is -0.369 e. The Hall–Kier alpha value is -4.29. The number of carbonyl (C=O) groups excluding carboxylic acids is 2. The summed E-state index contributed by atoms with van der Waals surface area (Å²) in [4.78, 5) is 31.7. The van der Waals surface area contributed by atoms with Crippen LogP contribution in [0.3, 0.4) is 0 Å². The fourth-order valence-corrected chi connectivity index (χ4v) is 4.30. The molecule has 0 radical (unpaired) electrons. The molecule has 2 heterocycles. The molecule has 2 amide bonds. The van der Waals surface area contributed by atoms with Crippen LogP contribution >= 0.6 is 0 Å². The van der Waals surface area contributed by atoms with Gasteiger partial charge in [-0.3, -0.25) is 9.59 Å². The van der Waals surface area contributed by atoms with E-state index in [2.05, 4.69) is 21.7 Å². The molecule has 0 unspecified atom stereocenters. The molecule has 8 nitrogen and oxygen atoms in total. The Morgan fingerprint density at radius 3 is 2.73 bits per heavy atom. The summed E-state index contributed by atoms with van der Waals surface area (Å²) in [5.74, 6) is -0.265. The molecule has 1 aromatic heterocycles. The zero-order valence-electron chi connectivity index (χ0n) is 20.4. The molecule has 2 aromatic carbocycles. The maximum absolute atomic E-state index is 13.6. The van der Waals surface area contributed by atoms with E-state index in [1.54, 1.807) is 41.3 Å². The van der Waals surface area contributed by atoms with Crippen LogP contribution in [0.1, 0.15) is 34.3 Å². The fourth-order valence-electron chi connectivity index (χ4n) is 4.30. The van der Waals surface area contributed by atoms with Crippen LogP contribution in [-0.4, -0.2) is 53.9 Å². The Kier molecular flexibility index (Phi) is 8.44. The van der Waals surface area contributed by atoms with Crippen molar-refractivity contribution < 1.29 is 14.0 Å². The normalized spacial score (nSPS) is 14.4. The van der Waals surface area contributed by atoms with E-state index in [1.165, 1.54) is 12.1 Å². The van der Waals surface area contributed by atoms with Crippen LogP contribution in [0, 0.1) is 17.1 Å². The molecule has 37 heavy (non-hydrogen) atoms. The van der Waals surface area contributed by atoms with E-state index in [4.69, 9.17) is 5.73 Å². The Morgan fingerprint density at radius 2 is 2.00 bits per heavy atom. The van der Waals surface area contributed by atoms with Gasteiger partial charge in [-0.15, -0.1) is 0 Å². The molecule has 0 bridgehead atoms. The standard InChI is InChI=1S/C28H29FN6O2/c29-21-6-3-4-19(16-21)11-14-32-27-24(8-9-25(34-27)23-7-2-1-5-20(23)17-31)28(37)33-18-22-12-15-35(22)26(36)10-13-30/h1-9,16,22H,10-15,18,30H2,(H,32,34)(H,33,37)/t22-/m1/s1. The molecule has 1 fully saturated rings. The largest absolute Gasteiger partial charge is 0.369 e. The van der Waals surface area contributed by atoms with E-state index in [0.717, 1.165) is 12.0 Å². The van der Waals surface area contributed by atoms with Crippen molar-refractivity contribution in [1.29, 1.82) is 5.26 Å². The second kappa shape index (κ2) is 12.1. The summed E-state index contributed by atoms with van der Waals surface area (Å²) in [6.45, 7) is 1.72. The van der Waals surface area contributed by atoms with Gasteiger partial charge >= 0.3 is 0 Å². The van der Waals surface area contributed by atoms with Gasteiger partial charge in [0, 0.05) is 38.2 Å². The van der Waals surface area contributed by atoms with Crippen molar-refractivity contribution in [2.24, 2.45) is 5.73 Å². The highest BCUT2D eigenvalue weighted by atomic mass is 19.1. The molecule has 4 rings (SSSR count). The number of nitrogens with one attached hydrogen (secondary N) is 2. The smallest absolute Gasteiger partial charge is 0.255 e. The summed E-state index contributed by atoms with van der Waals surface area (Å²) in [6, 6.07) is 19.0. The maximum atomic E-state index is 13.6. The van der Waals surface area contributed by atoms with E-state index in [1.807, 2.05) is 12.1 Å². The van der Waals surface area contributed by atoms with E-state index in [9.17, 15) is 19.2 Å². The minimum atomic E-state index is -0.320. The van der Waals surface area contributed by atoms with Crippen molar-refractivity contribution in [3.05, 3.63) is 83.2 Å². The van der Waals surface area contributed by atoms with Crippen molar-refractivity contribution in [2.45, 2.75) is 25.3 Å². The monoisotopic (exact) mass is 500 g/mol. The molecular formula is C28H29FN6O2. The first-order valence-electron chi connectivity index (χ1n) is 12.3. The fraction of sp³-hybridized carbons (Fsp3) is 0.286. The van der Waals surface area contributed by atoms with Gasteiger partial charge in [-0.25, -0.2) is 9.37 Å². The predicted molar refractivity (Wildman–Crippen MR) is 139 cm³/mol. The molecular weight excluding hydrogens is 471 g/mol. The molecule has 1 aliphatic heterocycles. The lowest BCUT2D eigenvalue weighted by Crippen LogP contribution is -2.56. The Bertz CT molecular complexity index is 1320. The number of anilines is 1. The summed E-state index contributed by atoms with van der Waals surface area (Å²) in [5.41, 5.74) is 8.35. The van der Waals surface area contributed by atoms with Gasteiger partial charge in [0.15, 0.2) is 0 Å². The van der Waals surface area contributed by atoms with E-state index in [0.29, 0.717) is 67.2 Å². The third-order valence-corrected chi connectivity index (χ3v) is 6.38. The highest BCUT2D eigenvalue weighted by Crippen LogP contribution is 2.25. The Labute approximate surface area is 215 Å². The second-order valence-corrected chi connectivity index (χ2v) is 8.84. The average molecular weight is 501 g/mol. The van der Waals surface area contributed by atoms with E-state index >= 15 is 0 Å². The quantitative estimate of drug-likeness (QED) is 0.393. The number of hydrogen-bond acceptors (Lipinski definition) is 6. The van der Waals surface area contributed by atoms with Crippen LogP contribution < -0.4 is 16.4 Å². The Balaban J connectivity index is 1.52. The van der Waals surface area contributed by atoms with Crippen molar-refractivity contribution in [3.63, 3.8) is 0 Å². The molecule has 1 saturated heterocycles. The number of nitrogens with zero attached hydrogens (tertiary/aromatic N) is 3. The minimum absolute atomic E-state index is 0.00474. The van der Waals surface area contributed by atoms with Gasteiger partial charge in [0.25, 0.3) is 5.91 Å². The lowest BCUT2D eigenvalue weighted by molar-refractivity contribution is -0.138. The van der Waals surface area contributed by atoms with E-state index < -0.39 is 0 Å². The zero-order chi connectivity index (χ0) is 26.2. The molecule has 0 aliphatic carbocycles. The van der Waals surface area contributed by atoms with Gasteiger partial charge in [-0.05, 0) is 48.7 Å². The first kappa shape index (κ1) is 25.8. The predicted octanol–water partition coefficient (Wildman–Crippen LogP) is 3.09. The number of amides is 2. The molecule has 1 atom stereocenters. The third kappa shape index (κ3) is 6.29. The Morgan fingerprint density at radius 1 is 1.16 bits per heavy atom. The van der Waals surface area contributed by atoms with Crippen molar-refractivity contribution >= 4 is 17.6 Å². The average Bonchev–Trinajstić information content (AvgIpc) is 2.88. The molecule has 9 heteroatoms. The molecule has 1 aliphatic rings. The topological polar surface area (TPSA) is 124 Å². The highest BCUT2D eigenvalue weighted by Gasteiger charge is 2.31. The summed E-state index contributed by atoms with van der Waals surface area (Å²) in [5, 5.41) is 15.6. The number of likely N-dealkylation sites (tertiary alicyclic amines) is 1. The van der Waals surface area contributed by atoms with Crippen LogP contribution in [0.25, 0.3) is 11.3 Å². The van der Waals surface area contributed by atoms with Gasteiger partial charge in [-0.1, -0.05) is 30.3 Å². The van der Waals surface area contributed by atoms with Gasteiger partial charge in [0.2, 0.25) is 5.91 Å². The number of pyridine rings is 1. The number of carbonyl (C=O) groups is 2. The SMILES string of the molecule is N#Cc1ccccc1-c1ccc(C(=O)NC[C@H]2CCN2C(=O)CCN)c(NCCc2cccc(F)c2)n1. The van der Waals surface area contributed by atoms with Crippen LogP contribution in [0.5, 0.6) is 0 Å². The number of nitrogens with two attached hydrogens (primary N) is 1. The second-order valence-electron chi connectivity index (χ2n) is 8.84. The number of hydrogen-bond donors (Lipinski definition) is 3. The number of nitriles is 1.